The van der Waals surface area contributed by atoms with Crippen molar-refractivity contribution in [1.29, 1.82) is 0 Å². The van der Waals surface area contributed by atoms with Gasteiger partial charge in [-0.05, 0) is 18.2 Å². The van der Waals surface area contributed by atoms with Crippen molar-refractivity contribution in [2.24, 2.45) is 0 Å². The standard InChI is InChI=1S/C14H9N3O4S/c18-13-10-3-1-2-4-11(10)14(19)16(13)8-22-12-6-5-9(7-15-12)17(20)21/h1-7H,8H2. The molecule has 0 N–H and O–H groups in total. The molecule has 1 aliphatic heterocycles. The van der Waals surface area contributed by atoms with Gasteiger partial charge >= 0.3 is 0 Å². The third kappa shape index (κ3) is 2.44. The number of carbonyl (C=O) groups is 2. The summed E-state index contributed by atoms with van der Waals surface area (Å²) in [5, 5.41) is 11.1. The van der Waals surface area contributed by atoms with Gasteiger partial charge in [-0.25, -0.2) is 4.98 Å². The van der Waals surface area contributed by atoms with Crippen LogP contribution in [0.25, 0.3) is 0 Å². The Morgan fingerprint density at radius 3 is 2.23 bits per heavy atom. The highest BCUT2D eigenvalue weighted by molar-refractivity contribution is 7.99. The molecule has 0 unspecified atom stereocenters. The van der Waals surface area contributed by atoms with Crippen LogP contribution in [0.3, 0.4) is 0 Å². The molecule has 0 bridgehead atoms. The van der Waals surface area contributed by atoms with E-state index in [0.29, 0.717) is 16.2 Å². The Morgan fingerprint density at radius 2 is 1.73 bits per heavy atom. The normalized spacial score (nSPS) is 13.4. The fourth-order valence-corrected chi connectivity index (χ4v) is 2.84. The first-order valence-electron chi connectivity index (χ1n) is 6.26. The average Bonchev–Trinajstić information content (AvgIpc) is 2.78. The van der Waals surface area contributed by atoms with E-state index in [1.54, 1.807) is 24.3 Å². The molecule has 0 saturated heterocycles. The Labute approximate surface area is 129 Å². The molecule has 7 nitrogen and oxygen atoms in total. The molecule has 3 rings (SSSR count). The molecule has 0 saturated carbocycles. The summed E-state index contributed by atoms with van der Waals surface area (Å²) in [6, 6.07) is 9.46. The summed E-state index contributed by atoms with van der Waals surface area (Å²) >= 11 is 1.17. The van der Waals surface area contributed by atoms with Gasteiger partial charge in [-0.15, -0.1) is 0 Å². The number of pyridine rings is 1. The van der Waals surface area contributed by atoms with Crippen LogP contribution < -0.4 is 0 Å². The number of imide groups is 1. The Kier molecular flexibility index (Phi) is 3.60. The second kappa shape index (κ2) is 5.57. The monoisotopic (exact) mass is 315 g/mol. The van der Waals surface area contributed by atoms with E-state index in [2.05, 4.69) is 4.98 Å². The van der Waals surface area contributed by atoms with Gasteiger partial charge < -0.3 is 0 Å². The summed E-state index contributed by atoms with van der Waals surface area (Å²) in [6.07, 6.45) is 1.14. The number of benzene rings is 1. The van der Waals surface area contributed by atoms with Crippen molar-refractivity contribution in [3.8, 4) is 0 Å². The molecule has 2 amide bonds. The van der Waals surface area contributed by atoms with E-state index in [1.807, 2.05) is 0 Å². The minimum atomic E-state index is -0.536. The van der Waals surface area contributed by atoms with Crippen LogP contribution in [0.2, 0.25) is 0 Å². The SMILES string of the molecule is O=C1c2ccccc2C(=O)N1CSc1ccc([N+](=O)[O-])cn1. The first-order valence-corrected chi connectivity index (χ1v) is 7.25. The lowest BCUT2D eigenvalue weighted by atomic mass is 10.1. The number of amides is 2. The molecule has 0 spiro atoms. The summed E-state index contributed by atoms with van der Waals surface area (Å²) in [6.45, 7) is 0. The van der Waals surface area contributed by atoms with Crippen LogP contribution >= 0.6 is 11.8 Å². The largest absolute Gasteiger partial charge is 0.287 e. The maximum atomic E-state index is 12.2. The topological polar surface area (TPSA) is 93.4 Å². The summed E-state index contributed by atoms with van der Waals surface area (Å²) in [7, 11) is 0. The van der Waals surface area contributed by atoms with Gasteiger partial charge in [0.1, 0.15) is 6.20 Å². The molecule has 110 valence electrons. The van der Waals surface area contributed by atoms with Crippen LogP contribution in [0.4, 0.5) is 5.69 Å². The maximum Gasteiger partial charge on any atom is 0.287 e. The molecule has 0 radical (unpaired) electrons. The Balaban J connectivity index is 1.71. The van der Waals surface area contributed by atoms with Gasteiger partial charge in [0.2, 0.25) is 0 Å². The van der Waals surface area contributed by atoms with Crippen molar-refractivity contribution in [1.82, 2.24) is 9.88 Å². The highest BCUT2D eigenvalue weighted by Gasteiger charge is 2.34. The summed E-state index contributed by atoms with van der Waals surface area (Å²) in [5.41, 5.74) is 0.680. The smallest absolute Gasteiger partial charge is 0.269 e. The Bertz CT molecular complexity index is 741. The zero-order valence-corrected chi connectivity index (χ0v) is 11.9. The Hall–Kier alpha value is -2.74. The lowest BCUT2D eigenvalue weighted by molar-refractivity contribution is -0.385. The maximum absolute atomic E-state index is 12.2. The fraction of sp³-hybridized carbons (Fsp3) is 0.0714. The quantitative estimate of drug-likeness (QED) is 0.372. The molecule has 2 aromatic rings. The molecule has 0 atom stereocenters. The predicted molar refractivity (Wildman–Crippen MR) is 78.6 cm³/mol. The van der Waals surface area contributed by atoms with Crippen LogP contribution in [0.15, 0.2) is 47.6 Å². The van der Waals surface area contributed by atoms with Crippen LogP contribution in [-0.4, -0.2) is 32.5 Å². The number of nitro groups is 1. The van der Waals surface area contributed by atoms with E-state index in [9.17, 15) is 19.7 Å². The second-order valence-electron chi connectivity index (χ2n) is 4.47. The van der Waals surface area contributed by atoms with E-state index in [1.165, 1.54) is 23.9 Å². The zero-order valence-electron chi connectivity index (χ0n) is 11.1. The highest BCUT2D eigenvalue weighted by Crippen LogP contribution is 2.26. The van der Waals surface area contributed by atoms with Crippen molar-refractivity contribution < 1.29 is 14.5 Å². The minimum Gasteiger partial charge on any atom is -0.269 e. The van der Waals surface area contributed by atoms with Crippen molar-refractivity contribution in [2.75, 3.05) is 5.88 Å². The molecule has 1 aliphatic rings. The van der Waals surface area contributed by atoms with Gasteiger partial charge in [0.05, 0.1) is 27.0 Å². The number of fused-ring (bicyclic) bond motifs is 1. The molecule has 1 aromatic carbocycles. The van der Waals surface area contributed by atoms with Crippen LogP contribution in [-0.2, 0) is 0 Å². The molecule has 2 heterocycles. The van der Waals surface area contributed by atoms with Crippen molar-refractivity contribution in [3.05, 3.63) is 63.8 Å². The molecule has 1 aromatic heterocycles. The van der Waals surface area contributed by atoms with Gasteiger partial charge in [-0.3, -0.25) is 24.6 Å². The van der Waals surface area contributed by atoms with Crippen molar-refractivity contribution in [2.45, 2.75) is 5.03 Å². The van der Waals surface area contributed by atoms with Gasteiger partial charge in [0, 0.05) is 6.07 Å². The predicted octanol–water partition coefficient (Wildman–Crippen LogP) is 2.34. The Morgan fingerprint density at radius 1 is 1.09 bits per heavy atom. The van der Waals surface area contributed by atoms with Gasteiger partial charge in [-0.1, -0.05) is 23.9 Å². The minimum absolute atomic E-state index is 0.106. The van der Waals surface area contributed by atoms with E-state index in [4.69, 9.17) is 0 Å². The van der Waals surface area contributed by atoms with Crippen LogP contribution in [0, 0.1) is 10.1 Å². The van der Waals surface area contributed by atoms with E-state index in [-0.39, 0.29) is 23.4 Å². The van der Waals surface area contributed by atoms with Gasteiger partial charge in [-0.2, -0.15) is 0 Å². The highest BCUT2D eigenvalue weighted by atomic mass is 32.2. The molecular weight excluding hydrogens is 306 g/mol. The summed E-state index contributed by atoms with van der Waals surface area (Å²) in [5.74, 6) is -0.568. The molecule has 22 heavy (non-hydrogen) atoms. The summed E-state index contributed by atoms with van der Waals surface area (Å²) in [4.78, 5) is 39.4. The lowest BCUT2D eigenvalue weighted by Crippen LogP contribution is -2.29. The number of hydrogen-bond acceptors (Lipinski definition) is 6. The fourth-order valence-electron chi connectivity index (χ4n) is 2.05. The number of rotatable bonds is 4. The van der Waals surface area contributed by atoms with E-state index >= 15 is 0 Å². The van der Waals surface area contributed by atoms with Crippen LogP contribution in [0.5, 0.6) is 0 Å². The molecule has 8 heteroatoms. The van der Waals surface area contributed by atoms with Crippen molar-refractivity contribution in [3.63, 3.8) is 0 Å². The van der Waals surface area contributed by atoms with Gasteiger partial charge in [0.25, 0.3) is 17.5 Å². The average molecular weight is 315 g/mol. The third-order valence-corrected chi connectivity index (χ3v) is 4.08. The molecule has 0 fully saturated rings. The van der Waals surface area contributed by atoms with E-state index in [0.717, 1.165) is 11.1 Å². The number of nitrogens with zero attached hydrogens (tertiary/aromatic N) is 3. The zero-order chi connectivity index (χ0) is 15.7. The number of aromatic nitrogens is 1. The first kappa shape index (κ1) is 14.2. The molecule has 0 aliphatic carbocycles. The second-order valence-corrected chi connectivity index (χ2v) is 5.43. The van der Waals surface area contributed by atoms with Crippen LogP contribution in [0.1, 0.15) is 20.7 Å². The number of hydrogen-bond donors (Lipinski definition) is 0. The first-order chi connectivity index (χ1) is 10.6. The number of thioether (sulfide) groups is 1. The molecular formula is C14H9N3O4S. The third-order valence-electron chi connectivity index (χ3n) is 3.15. The van der Waals surface area contributed by atoms with E-state index < -0.39 is 4.92 Å². The number of carbonyl (C=O) groups excluding carboxylic acids is 2. The van der Waals surface area contributed by atoms with Crippen molar-refractivity contribution >= 4 is 29.3 Å². The lowest BCUT2D eigenvalue weighted by Gasteiger charge is -2.12. The van der Waals surface area contributed by atoms with Gasteiger partial charge in [0.15, 0.2) is 0 Å². The summed E-state index contributed by atoms with van der Waals surface area (Å²) < 4.78 is 0.